The molecule has 2 aromatic heterocycles. The fourth-order valence-electron chi connectivity index (χ4n) is 3.61. The Morgan fingerprint density at radius 1 is 0.971 bits per heavy atom. The number of anilines is 1. The van der Waals surface area contributed by atoms with Gasteiger partial charge in [0.1, 0.15) is 10.5 Å². The summed E-state index contributed by atoms with van der Waals surface area (Å²) in [6, 6.07) is 19.1. The molecule has 3 aromatic carbocycles. The van der Waals surface area contributed by atoms with E-state index in [1.165, 1.54) is 5.56 Å². The first-order valence-electron chi connectivity index (χ1n) is 10.5. The summed E-state index contributed by atoms with van der Waals surface area (Å²) in [6.45, 7) is 3.72. The van der Waals surface area contributed by atoms with E-state index in [1.807, 2.05) is 49.4 Å². The zero-order valence-electron chi connectivity index (χ0n) is 18.4. The Balaban J connectivity index is 1.28. The summed E-state index contributed by atoms with van der Waals surface area (Å²) in [5.74, 6) is 0.0244. The lowest BCUT2D eigenvalue weighted by Gasteiger charge is -2.12. The van der Waals surface area contributed by atoms with Crippen molar-refractivity contribution in [1.82, 2.24) is 9.97 Å². The van der Waals surface area contributed by atoms with Crippen LogP contribution in [0.4, 0.5) is 5.69 Å². The standard InChI is InChI=1S/C26H19Cl2N3O2S/c1-14-3-10-21-22(11-14)34-26(31-21)16-5-7-17(8-6-16)30-23(32)13-33-25-20(28)12-19(27)18-9-4-15(2)29-24(18)25/h3-12H,13H2,1-2H3,(H,30,32). The fourth-order valence-corrected chi connectivity index (χ4v) is 5.25. The quantitative estimate of drug-likeness (QED) is 0.268. The smallest absolute Gasteiger partial charge is 0.262 e. The van der Waals surface area contributed by atoms with Crippen LogP contribution in [-0.4, -0.2) is 22.5 Å². The Bertz CT molecular complexity index is 1550. The summed E-state index contributed by atoms with van der Waals surface area (Å²) in [7, 11) is 0. The first kappa shape index (κ1) is 22.6. The van der Waals surface area contributed by atoms with E-state index in [9.17, 15) is 4.79 Å². The van der Waals surface area contributed by atoms with Crippen LogP contribution in [0.1, 0.15) is 11.3 Å². The molecule has 0 fully saturated rings. The summed E-state index contributed by atoms with van der Waals surface area (Å²) in [5.41, 5.74) is 5.17. The van der Waals surface area contributed by atoms with E-state index in [-0.39, 0.29) is 12.5 Å². The number of hydrogen-bond acceptors (Lipinski definition) is 5. The molecule has 0 atom stereocenters. The van der Waals surface area contributed by atoms with Crippen molar-refractivity contribution in [2.24, 2.45) is 0 Å². The minimum Gasteiger partial charge on any atom is -0.480 e. The molecule has 34 heavy (non-hydrogen) atoms. The normalized spacial score (nSPS) is 11.2. The molecule has 0 aliphatic heterocycles. The Morgan fingerprint density at radius 2 is 1.76 bits per heavy atom. The predicted molar refractivity (Wildman–Crippen MR) is 140 cm³/mol. The van der Waals surface area contributed by atoms with Gasteiger partial charge in [-0.05, 0) is 74.0 Å². The van der Waals surface area contributed by atoms with Gasteiger partial charge >= 0.3 is 0 Å². The van der Waals surface area contributed by atoms with Gasteiger partial charge in [-0.1, -0.05) is 29.3 Å². The third-order valence-corrected chi connectivity index (χ3v) is 6.95. The number of hydrogen-bond donors (Lipinski definition) is 1. The van der Waals surface area contributed by atoms with E-state index in [0.29, 0.717) is 32.4 Å². The molecule has 1 amide bonds. The first-order chi connectivity index (χ1) is 16.4. The lowest BCUT2D eigenvalue weighted by Crippen LogP contribution is -2.20. The lowest BCUT2D eigenvalue weighted by molar-refractivity contribution is -0.118. The maximum Gasteiger partial charge on any atom is 0.262 e. The molecule has 5 aromatic rings. The Morgan fingerprint density at radius 3 is 2.56 bits per heavy atom. The molecule has 170 valence electrons. The number of ether oxygens (including phenoxy) is 1. The molecular weight excluding hydrogens is 489 g/mol. The molecule has 0 spiro atoms. The fraction of sp³-hybridized carbons (Fsp3) is 0.115. The Kier molecular flexibility index (Phi) is 6.13. The van der Waals surface area contributed by atoms with Crippen molar-refractivity contribution < 1.29 is 9.53 Å². The Hall–Kier alpha value is -3.19. The summed E-state index contributed by atoms with van der Waals surface area (Å²) >= 11 is 14.3. The van der Waals surface area contributed by atoms with Crippen LogP contribution in [0.2, 0.25) is 10.0 Å². The van der Waals surface area contributed by atoms with Crippen molar-refractivity contribution in [3.05, 3.63) is 82.0 Å². The van der Waals surface area contributed by atoms with Crippen LogP contribution in [0.3, 0.4) is 0 Å². The maximum atomic E-state index is 12.5. The molecule has 5 rings (SSSR count). The minimum atomic E-state index is -0.310. The van der Waals surface area contributed by atoms with Crippen molar-refractivity contribution >= 4 is 67.3 Å². The van der Waals surface area contributed by atoms with Crippen LogP contribution < -0.4 is 10.1 Å². The van der Waals surface area contributed by atoms with Crippen molar-refractivity contribution in [1.29, 1.82) is 0 Å². The lowest BCUT2D eigenvalue weighted by atomic mass is 10.2. The summed E-state index contributed by atoms with van der Waals surface area (Å²) in [4.78, 5) is 21.7. The zero-order chi connectivity index (χ0) is 23.8. The number of carbonyl (C=O) groups excluding carboxylic acids is 1. The summed E-state index contributed by atoms with van der Waals surface area (Å²) in [5, 5.41) is 5.28. The minimum absolute atomic E-state index is 0.217. The topological polar surface area (TPSA) is 64.1 Å². The monoisotopic (exact) mass is 507 g/mol. The third kappa shape index (κ3) is 4.57. The highest BCUT2D eigenvalue weighted by molar-refractivity contribution is 7.21. The number of thiazole rings is 1. The van der Waals surface area contributed by atoms with E-state index in [2.05, 4.69) is 29.4 Å². The molecule has 0 aliphatic carbocycles. The SMILES string of the molecule is Cc1ccc2nc(-c3ccc(NC(=O)COc4c(Cl)cc(Cl)c5ccc(C)nc45)cc3)sc2c1. The molecule has 0 radical (unpaired) electrons. The van der Waals surface area contributed by atoms with E-state index in [4.69, 9.17) is 32.9 Å². The van der Waals surface area contributed by atoms with Crippen LogP contribution >= 0.6 is 34.5 Å². The van der Waals surface area contributed by atoms with Gasteiger partial charge < -0.3 is 10.1 Å². The molecule has 0 bridgehead atoms. The van der Waals surface area contributed by atoms with Gasteiger partial charge in [0.15, 0.2) is 12.4 Å². The van der Waals surface area contributed by atoms with E-state index >= 15 is 0 Å². The largest absolute Gasteiger partial charge is 0.480 e. The Labute approximate surface area is 210 Å². The van der Waals surface area contributed by atoms with Crippen LogP contribution in [0.15, 0.2) is 60.7 Å². The number of aryl methyl sites for hydroxylation is 2. The van der Waals surface area contributed by atoms with E-state index < -0.39 is 0 Å². The highest BCUT2D eigenvalue weighted by Crippen LogP contribution is 2.37. The molecule has 0 unspecified atom stereocenters. The van der Waals surface area contributed by atoms with Crippen molar-refractivity contribution in [2.45, 2.75) is 13.8 Å². The second-order valence-corrected chi connectivity index (χ2v) is 9.77. The van der Waals surface area contributed by atoms with Crippen molar-refractivity contribution in [3.63, 3.8) is 0 Å². The average Bonchev–Trinajstić information content (AvgIpc) is 3.22. The molecule has 8 heteroatoms. The van der Waals surface area contributed by atoms with E-state index in [0.717, 1.165) is 26.5 Å². The van der Waals surface area contributed by atoms with Gasteiger partial charge in [-0.3, -0.25) is 4.79 Å². The van der Waals surface area contributed by atoms with Gasteiger partial charge in [0, 0.05) is 22.3 Å². The van der Waals surface area contributed by atoms with Crippen molar-refractivity contribution in [3.8, 4) is 16.3 Å². The second-order valence-electron chi connectivity index (χ2n) is 7.92. The van der Waals surface area contributed by atoms with E-state index in [1.54, 1.807) is 17.4 Å². The van der Waals surface area contributed by atoms with Crippen LogP contribution in [0.5, 0.6) is 5.75 Å². The van der Waals surface area contributed by atoms with Gasteiger partial charge in [-0.25, -0.2) is 9.97 Å². The molecule has 0 saturated carbocycles. The number of rotatable bonds is 5. The number of pyridine rings is 1. The second kappa shape index (κ2) is 9.22. The summed E-state index contributed by atoms with van der Waals surface area (Å²) in [6.07, 6.45) is 0. The number of carbonyl (C=O) groups is 1. The van der Waals surface area contributed by atoms with Gasteiger partial charge in [0.2, 0.25) is 0 Å². The molecule has 5 nitrogen and oxygen atoms in total. The number of nitrogens with one attached hydrogen (secondary N) is 1. The number of nitrogens with zero attached hydrogens (tertiary/aromatic N) is 2. The average molecular weight is 508 g/mol. The van der Waals surface area contributed by atoms with Crippen LogP contribution in [0, 0.1) is 13.8 Å². The number of fused-ring (bicyclic) bond motifs is 2. The third-order valence-electron chi connectivity index (χ3n) is 5.28. The maximum absolute atomic E-state index is 12.5. The van der Waals surface area contributed by atoms with Crippen molar-refractivity contribution in [2.75, 3.05) is 11.9 Å². The van der Waals surface area contributed by atoms with Gasteiger partial charge in [0.25, 0.3) is 5.91 Å². The molecule has 2 heterocycles. The first-order valence-corrected chi connectivity index (χ1v) is 12.1. The highest BCUT2D eigenvalue weighted by Gasteiger charge is 2.15. The number of benzene rings is 3. The molecule has 1 N–H and O–H groups in total. The van der Waals surface area contributed by atoms with Crippen LogP contribution in [0.25, 0.3) is 31.7 Å². The molecular formula is C26H19Cl2N3O2S. The van der Waals surface area contributed by atoms with Crippen LogP contribution in [-0.2, 0) is 4.79 Å². The highest BCUT2D eigenvalue weighted by atomic mass is 35.5. The number of aromatic nitrogens is 2. The summed E-state index contributed by atoms with van der Waals surface area (Å²) < 4.78 is 6.91. The number of halogens is 2. The van der Waals surface area contributed by atoms with Gasteiger partial charge in [-0.2, -0.15) is 0 Å². The number of amides is 1. The van der Waals surface area contributed by atoms with Gasteiger partial charge in [0.05, 0.1) is 20.3 Å². The zero-order valence-corrected chi connectivity index (χ0v) is 20.7. The molecule has 0 aliphatic rings. The molecule has 0 saturated heterocycles. The van der Waals surface area contributed by atoms with Gasteiger partial charge in [-0.15, -0.1) is 11.3 Å². The predicted octanol–water partition coefficient (Wildman–Crippen LogP) is 7.45.